The molecule has 0 fully saturated rings. The predicted octanol–water partition coefficient (Wildman–Crippen LogP) is 3.32. The maximum Gasteiger partial charge on any atom is 0.255 e. The summed E-state index contributed by atoms with van der Waals surface area (Å²) < 4.78 is 0. The molecule has 1 amide bonds. The van der Waals surface area contributed by atoms with Gasteiger partial charge in [-0.3, -0.25) is 4.79 Å². The second-order valence-corrected chi connectivity index (χ2v) is 5.36. The van der Waals surface area contributed by atoms with Crippen molar-refractivity contribution in [1.82, 2.24) is 0 Å². The van der Waals surface area contributed by atoms with E-state index >= 15 is 0 Å². The molecule has 3 heteroatoms. The topological polar surface area (TPSA) is 55.1 Å². The molecule has 3 rings (SSSR count). The van der Waals surface area contributed by atoms with Crippen LogP contribution in [0.3, 0.4) is 0 Å². The molecule has 0 spiro atoms. The number of fused-ring (bicyclic) bond motifs is 1. The standard InChI is InChI=1S/C17H18N2O/c1-11-9-15(7-8-16(11)18)19-17(20)14-6-5-12-3-2-4-13(12)10-14/h5-10H,2-4,18H2,1H3,(H,19,20). The zero-order chi connectivity index (χ0) is 14.1. The minimum absolute atomic E-state index is 0.0659. The number of carbonyl (C=O) groups excluding carboxylic acids is 1. The van der Waals surface area contributed by atoms with Gasteiger partial charge in [0.25, 0.3) is 5.91 Å². The zero-order valence-corrected chi connectivity index (χ0v) is 11.6. The van der Waals surface area contributed by atoms with Gasteiger partial charge in [-0.2, -0.15) is 0 Å². The highest BCUT2D eigenvalue weighted by Crippen LogP contribution is 2.23. The fourth-order valence-corrected chi connectivity index (χ4v) is 2.67. The van der Waals surface area contributed by atoms with Crippen LogP contribution in [0.5, 0.6) is 0 Å². The van der Waals surface area contributed by atoms with Crippen molar-refractivity contribution in [2.75, 3.05) is 11.1 Å². The van der Waals surface area contributed by atoms with Crippen LogP contribution in [0, 0.1) is 6.92 Å². The molecular weight excluding hydrogens is 248 g/mol. The number of amides is 1. The highest BCUT2D eigenvalue weighted by atomic mass is 16.1. The minimum atomic E-state index is -0.0659. The van der Waals surface area contributed by atoms with Gasteiger partial charge in [0.05, 0.1) is 0 Å². The average Bonchev–Trinajstić information content (AvgIpc) is 2.90. The molecule has 3 nitrogen and oxygen atoms in total. The quantitative estimate of drug-likeness (QED) is 0.819. The van der Waals surface area contributed by atoms with Gasteiger partial charge in [0.2, 0.25) is 0 Å². The molecule has 0 radical (unpaired) electrons. The lowest BCUT2D eigenvalue weighted by Crippen LogP contribution is -2.12. The first-order chi connectivity index (χ1) is 9.63. The number of nitrogen functional groups attached to an aromatic ring is 1. The first-order valence-corrected chi connectivity index (χ1v) is 6.93. The molecule has 0 aromatic heterocycles. The van der Waals surface area contributed by atoms with Crippen molar-refractivity contribution in [3.63, 3.8) is 0 Å². The van der Waals surface area contributed by atoms with Gasteiger partial charge in [-0.05, 0) is 73.2 Å². The van der Waals surface area contributed by atoms with E-state index in [-0.39, 0.29) is 5.91 Å². The van der Waals surface area contributed by atoms with Crippen molar-refractivity contribution in [3.05, 3.63) is 58.7 Å². The Morgan fingerprint density at radius 3 is 2.70 bits per heavy atom. The molecular formula is C17H18N2O. The number of carbonyl (C=O) groups is 1. The van der Waals surface area contributed by atoms with Crippen LogP contribution in [0.1, 0.15) is 33.5 Å². The lowest BCUT2D eigenvalue weighted by atomic mass is 10.1. The van der Waals surface area contributed by atoms with Crippen LogP contribution in [0.15, 0.2) is 36.4 Å². The monoisotopic (exact) mass is 266 g/mol. The SMILES string of the molecule is Cc1cc(NC(=O)c2ccc3c(c2)CCC3)ccc1N. The smallest absolute Gasteiger partial charge is 0.255 e. The number of nitrogens with two attached hydrogens (primary N) is 1. The van der Waals surface area contributed by atoms with Gasteiger partial charge < -0.3 is 11.1 Å². The van der Waals surface area contributed by atoms with Crippen molar-refractivity contribution in [2.45, 2.75) is 26.2 Å². The van der Waals surface area contributed by atoms with Gasteiger partial charge in [0.1, 0.15) is 0 Å². The number of nitrogens with one attached hydrogen (secondary N) is 1. The summed E-state index contributed by atoms with van der Waals surface area (Å²) in [6.07, 6.45) is 3.41. The Hall–Kier alpha value is -2.29. The van der Waals surface area contributed by atoms with Crippen LogP contribution in [-0.2, 0) is 12.8 Å². The molecule has 0 unspecified atom stereocenters. The number of anilines is 2. The molecule has 0 aliphatic heterocycles. The van der Waals surface area contributed by atoms with Crippen molar-refractivity contribution in [3.8, 4) is 0 Å². The summed E-state index contributed by atoms with van der Waals surface area (Å²) in [5.41, 5.74) is 11.7. The molecule has 0 atom stereocenters. The number of rotatable bonds is 2. The van der Waals surface area contributed by atoms with Crippen molar-refractivity contribution < 1.29 is 4.79 Å². The van der Waals surface area contributed by atoms with E-state index in [0.29, 0.717) is 0 Å². The van der Waals surface area contributed by atoms with Crippen LogP contribution in [0.4, 0.5) is 11.4 Å². The first-order valence-electron chi connectivity index (χ1n) is 6.93. The van der Waals surface area contributed by atoms with Gasteiger partial charge in [0.15, 0.2) is 0 Å². The molecule has 1 aliphatic rings. The lowest BCUT2D eigenvalue weighted by Gasteiger charge is -2.09. The number of hydrogen-bond donors (Lipinski definition) is 2. The molecule has 1 aliphatic carbocycles. The Morgan fingerprint density at radius 2 is 1.90 bits per heavy atom. The molecule has 3 N–H and O–H groups in total. The Balaban J connectivity index is 1.80. The largest absolute Gasteiger partial charge is 0.399 e. The van der Waals surface area contributed by atoms with Gasteiger partial charge in [-0.1, -0.05) is 6.07 Å². The summed E-state index contributed by atoms with van der Waals surface area (Å²) in [5, 5.41) is 2.92. The number of benzene rings is 2. The third kappa shape index (κ3) is 2.39. The van der Waals surface area contributed by atoms with E-state index < -0.39 is 0 Å². The van der Waals surface area contributed by atoms with Crippen LogP contribution < -0.4 is 11.1 Å². The fourth-order valence-electron chi connectivity index (χ4n) is 2.67. The average molecular weight is 266 g/mol. The maximum absolute atomic E-state index is 12.3. The lowest BCUT2D eigenvalue weighted by molar-refractivity contribution is 0.102. The van der Waals surface area contributed by atoms with Crippen LogP contribution in [-0.4, -0.2) is 5.91 Å². The van der Waals surface area contributed by atoms with E-state index in [4.69, 9.17) is 5.73 Å². The first kappa shape index (κ1) is 12.7. The molecule has 0 saturated heterocycles. The summed E-state index contributed by atoms with van der Waals surface area (Å²) in [4.78, 5) is 12.3. The molecule has 102 valence electrons. The van der Waals surface area contributed by atoms with Gasteiger partial charge >= 0.3 is 0 Å². The summed E-state index contributed by atoms with van der Waals surface area (Å²) in [6, 6.07) is 11.5. The molecule has 2 aromatic rings. The van der Waals surface area contributed by atoms with Crippen LogP contribution in [0.2, 0.25) is 0 Å². The van der Waals surface area contributed by atoms with E-state index in [9.17, 15) is 4.79 Å². The van der Waals surface area contributed by atoms with Crippen LogP contribution >= 0.6 is 0 Å². The van der Waals surface area contributed by atoms with Crippen molar-refractivity contribution in [2.24, 2.45) is 0 Å². The minimum Gasteiger partial charge on any atom is -0.399 e. The summed E-state index contributed by atoms with van der Waals surface area (Å²) in [7, 11) is 0. The third-order valence-electron chi connectivity index (χ3n) is 3.89. The molecule has 0 saturated carbocycles. The Kier molecular flexibility index (Phi) is 3.18. The van der Waals surface area contributed by atoms with E-state index in [1.165, 1.54) is 17.5 Å². The van der Waals surface area contributed by atoms with Crippen LogP contribution in [0.25, 0.3) is 0 Å². The van der Waals surface area contributed by atoms with Gasteiger partial charge in [0, 0.05) is 16.9 Å². The Labute approximate surface area is 118 Å². The highest BCUT2D eigenvalue weighted by molar-refractivity contribution is 6.04. The summed E-state index contributed by atoms with van der Waals surface area (Å²) in [5.74, 6) is -0.0659. The maximum atomic E-state index is 12.3. The third-order valence-corrected chi connectivity index (χ3v) is 3.89. The van der Waals surface area contributed by atoms with E-state index in [1.807, 2.05) is 37.3 Å². The van der Waals surface area contributed by atoms with E-state index in [1.54, 1.807) is 0 Å². The molecule has 20 heavy (non-hydrogen) atoms. The second-order valence-electron chi connectivity index (χ2n) is 5.36. The van der Waals surface area contributed by atoms with E-state index in [2.05, 4.69) is 11.4 Å². The Morgan fingerprint density at radius 1 is 1.10 bits per heavy atom. The summed E-state index contributed by atoms with van der Waals surface area (Å²) in [6.45, 7) is 1.93. The Bertz CT molecular complexity index is 677. The summed E-state index contributed by atoms with van der Waals surface area (Å²) >= 11 is 0. The zero-order valence-electron chi connectivity index (χ0n) is 11.6. The molecule has 2 aromatic carbocycles. The number of hydrogen-bond acceptors (Lipinski definition) is 2. The molecule has 0 bridgehead atoms. The second kappa shape index (κ2) is 5.00. The van der Waals surface area contributed by atoms with Crippen molar-refractivity contribution in [1.29, 1.82) is 0 Å². The fraction of sp³-hybridized carbons (Fsp3) is 0.235. The normalized spacial score (nSPS) is 13.1. The van der Waals surface area contributed by atoms with Gasteiger partial charge in [-0.25, -0.2) is 0 Å². The molecule has 0 heterocycles. The number of aryl methyl sites for hydroxylation is 3. The van der Waals surface area contributed by atoms with Gasteiger partial charge in [-0.15, -0.1) is 0 Å². The highest BCUT2D eigenvalue weighted by Gasteiger charge is 2.14. The van der Waals surface area contributed by atoms with E-state index in [0.717, 1.165) is 35.3 Å². The predicted molar refractivity (Wildman–Crippen MR) is 82.0 cm³/mol. The van der Waals surface area contributed by atoms with Crippen molar-refractivity contribution >= 4 is 17.3 Å².